The van der Waals surface area contributed by atoms with Crippen molar-refractivity contribution in [2.75, 3.05) is 14.2 Å². The Morgan fingerprint density at radius 1 is 1.25 bits per heavy atom. The first-order chi connectivity index (χ1) is 9.63. The van der Waals surface area contributed by atoms with E-state index < -0.39 is 11.6 Å². The molecule has 4 nitrogen and oxygen atoms in total. The van der Waals surface area contributed by atoms with E-state index >= 15 is 0 Å². The zero-order valence-electron chi connectivity index (χ0n) is 11.2. The van der Waals surface area contributed by atoms with Gasteiger partial charge in [-0.1, -0.05) is 0 Å². The van der Waals surface area contributed by atoms with Crippen molar-refractivity contribution in [3.05, 3.63) is 53.5 Å². The predicted molar refractivity (Wildman–Crippen MR) is 70.4 cm³/mol. The lowest BCUT2D eigenvalue weighted by molar-refractivity contribution is 0.395. The summed E-state index contributed by atoms with van der Waals surface area (Å²) in [5.74, 6) is -0.488. The molecule has 1 N–H and O–H groups in total. The molecule has 1 aromatic carbocycles. The number of aromatic nitrogens is 2. The Kier molecular flexibility index (Phi) is 4.57. The number of methoxy groups -OCH3 is 1. The van der Waals surface area contributed by atoms with E-state index in [0.29, 0.717) is 18.0 Å². The van der Waals surface area contributed by atoms with Gasteiger partial charge < -0.3 is 10.1 Å². The molecule has 0 fully saturated rings. The second-order valence-corrected chi connectivity index (χ2v) is 4.26. The number of likely N-dealkylation sites (N-methyl/N-ethyl adjacent to an activating group) is 1. The number of benzene rings is 1. The normalized spacial score (nSPS) is 12.2. The molecule has 0 amide bonds. The van der Waals surface area contributed by atoms with E-state index in [4.69, 9.17) is 4.74 Å². The van der Waals surface area contributed by atoms with E-state index in [1.54, 1.807) is 13.1 Å². The standard InChI is InChI=1S/C14H15F2N3O/c1-17-13(11-5-9(15)3-4-12(11)16)6-10-7-14(20-2)19-8-18-10/h3-5,7-8,13,17H,6H2,1-2H3. The van der Waals surface area contributed by atoms with E-state index in [2.05, 4.69) is 15.3 Å². The highest BCUT2D eigenvalue weighted by atomic mass is 19.1. The molecule has 1 unspecified atom stereocenters. The van der Waals surface area contributed by atoms with Gasteiger partial charge >= 0.3 is 0 Å². The van der Waals surface area contributed by atoms with Crippen LogP contribution < -0.4 is 10.1 Å². The molecule has 0 bridgehead atoms. The van der Waals surface area contributed by atoms with Gasteiger partial charge in [0, 0.05) is 29.8 Å². The second kappa shape index (κ2) is 6.38. The first-order valence-corrected chi connectivity index (χ1v) is 6.11. The average molecular weight is 279 g/mol. The molecule has 2 aromatic rings. The molecular formula is C14H15F2N3O. The summed E-state index contributed by atoms with van der Waals surface area (Å²) in [6, 6.07) is 4.69. The lowest BCUT2D eigenvalue weighted by Gasteiger charge is -2.17. The summed E-state index contributed by atoms with van der Waals surface area (Å²) >= 11 is 0. The average Bonchev–Trinajstić information content (AvgIpc) is 2.47. The van der Waals surface area contributed by atoms with Gasteiger partial charge in [-0.15, -0.1) is 0 Å². The summed E-state index contributed by atoms with van der Waals surface area (Å²) < 4.78 is 32.1. The Labute approximate surface area is 115 Å². The van der Waals surface area contributed by atoms with Crippen LogP contribution in [0.25, 0.3) is 0 Å². The Hall–Kier alpha value is -2.08. The maximum absolute atomic E-state index is 13.8. The molecule has 0 radical (unpaired) electrons. The van der Waals surface area contributed by atoms with Crippen molar-refractivity contribution in [3.8, 4) is 5.88 Å². The summed E-state index contributed by atoms with van der Waals surface area (Å²) in [7, 11) is 3.20. The molecule has 20 heavy (non-hydrogen) atoms. The fraction of sp³-hybridized carbons (Fsp3) is 0.286. The van der Waals surface area contributed by atoms with Gasteiger partial charge in [0.15, 0.2) is 0 Å². The lowest BCUT2D eigenvalue weighted by atomic mass is 10.0. The summed E-state index contributed by atoms with van der Waals surface area (Å²) in [5, 5.41) is 2.96. The Morgan fingerprint density at radius 3 is 2.75 bits per heavy atom. The number of hydrogen-bond donors (Lipinski definition) is 1. The highest BCUT2D eigenvalue weighted by Crippen LogP contribution is 2.22. The Bertz CT molecular complexity index is 592. The van der Waals surface area contributed by atoms with Gasteiger partial charge in [0.05, 0.1) is 7.11 Å². The van der Waals surface area contributed by atoms with Crippen LogP contribution in [0, 0.1) is 11.6 Å². The lowest BCUT2D eigenvalue weighted by Crippen LogP contribution is -2.21. The summed E-state index contributed by atoms with van der Waals surface area (Å²) in [6.45, 7) is 0. The minimum atomic E-state index is -0.470. The van der Waals surface area contributed by atoms with E-state index in [0.717, 1.165) is 12.1 Å². The molecule has 6 heteroatoms. The fourth-order valence-corrected chi connectivity index (χ4v) is 1.96. The summed E-state index contributed by atoms with van der Waals surface area (Å²) in [6.07, 6.45) is 1.78. The van der Waals surface area contributed by atoms with E-state index in [1.807, 2.05) is 0 Å². The van der Waals surface area contributed by atoms with Gasteiger partial charge in [-0.05, 0) is 25.2 Å². The molecule has 0 aliphatic carbocycles. The van der Waals surface area contributed by atoms with Crippen molar-refractivity contribution in [2.45, 2.75) is 12.5 Å². The van der Waals surface area contributed by atoms with Crippen LogP contribution >= 0.6 is 0 Å². The van der Waals surface area contributed by atoms with Gasteiger partial charge in [-0.3, -0.25) is 0 Å². The summed E-state index contributed by atoms with van der Waals surface area (Å²) in [5.41, 5.74) is 0.949. The zero-order chi connectivity index (χ0) is 14.5. The smallest absolute Gasteiger partial charge is 0.216 e. The number of rotatable bonds is 5. The molecule has 106 valence electrons. The monoisotopic (exact) mass is 279 g/mol. The van der Waals surface area contributed by atoms with Crippen molar-refractivity contribution >= 4 is 0 Å². The van der Waals surface area contributed by atoms with Gasteiger partial charge in [0.1, 0.15) is 18.0 Å². The predicted octanol–water partition coefficient (Wildman–Crippen LogP) is 2.27. The molecular weight excluding hydrogens is 264 g/mol. The van der Waals surface area contributed by atoms with E-state index in [-0.39, 0.29) is 11.6 Å². The highest BCUT2D eigenvalue weighted by molar-refractivity contribution is 5.25. The van der Waals surface area contributed by atoms with Crippen molar-refractivity contribution in [1.29, 1.82) is 0 Å². The number of nitrogens with zero attached hydrogens (tertiary/aromatic N) is 2. The minimum Gasteiger partial charge on any atom is -0.481 e. The molecule has 0 aliphatic heterocycles. The van der Waals surface area contributed by atoms with E-state index in [9.17, 15) is 8.78 Å². The number of nitrogens with one attached hydrogen (secondary N) is 1. The molecule has 1 atom stereocenters. The Balaban J connectivity index is 2.26. The molecule has 0 saturated heterocycles. The van der Waals surface area contributed by atoms with Crippen molar-refractivity contribution in [3.63, 3.8) is 0 Å². The van der Waals surface area contributed by atoms with Crippen LogP contribution in [0.4, 0.5) is 8.78 Å². The van der Waals surface area contributed by atoms with Crippen LogP contribution in [0.1, 0.15) is 17.3 Å². The highest BCUT2D eigenvalue weighted by Gasteiger charge is 2.16. The Morgan fingerprint density at radius 2 is 2.05 bits per heavy atom. The molecule has 1 aromatic heterocycles. The van der Waals surface area contributed by atoms with Crippen LogP contribution in [0.5, 0.6) is 5.88 Å². The first kappa shape index (κ1) is 14.3. The zero-order valence-corrected chi connectivity index (χ0v) is 11.2. The second-order valence-electron chi connectivity index (χ2n) is 4.26. The quantitative estimate of drug-likeness (QED) is 0.912. The third-order valence-electron chi connectivity index (χ3n) is 3.00. The van der Waals surface area contributed by atoms with E-state index in [1.165, 1.54) is 19.5 Å². The number of hydrogen-bond acceptors (Lipinski definition) is 4. The first-order valence-electron chi connectivity index (χ1n) is 6.11. The summed E-state index contributed by atoms with van der Waals surface area (Å²) in [4.78, 5) is 8.01. The molecule has 0 spiro atoms. The molecule has 1 heterocycles. The maximum atomic E-state index is 13.8. The van der Waals surface area contributed by atoms with Crippen LogP contribution in [0.2, 0.25) is 0 Å². The largest absolute Gasteiger partial charge is 0.481 e. The molecule has 0 saturated carbocycles. The SMILES string of the molecule is CNC(Cc1cc(OC)ncn1)c1cc(F)ccc1F. The van der Waals surface area contributed by atoms with Crippen LogP contribution in [-0.4, -0.2) is 24.1 Å². The third-order valence-corrected chi connectivity index (χ3v) is 3.00. The molecule has 0 aliphatic rings. The van der Waals surface area contributed by atoms with Crippen molar-refractivity contribution in [2.24, 2.45) is 0 Å². The van der Waals surface area contributed by atoms with Gasteiger partial charge in [-0.25, -0.2) is 18.7 Å². The fourth-order valence-electron chi connectivity index (χ4n) is 1.96. The maximum Gasteiger partial charge on any atom is 0.216 e. The van der Waals surface area contributed by atoms with Crippen LogP contribution in [-0.2, 0) is 6.42 Å². The van der Waals surface area contributed by atoms with Crippen molar-refractivity contribution < 1.29 is 13.5 Å². The third kappa shape index (κ3) is 3.27. The van der Waals surface area contributed by atoms with Crippen LogP contribution in [0.15, 0.2) is 30.6 Å². The van der Waals surface area contributed by atoms with Crippen LogP contribution in [0.3, 0.4) is 0 Å². The minimum absolute atomic E-state index is 0.269. The topological polar surface area (TPSA) is 47.0 Å². The molecule has 2 rings (SSSR count). The van der Waals surface area contributed by atoms with Gasteiger partial charge in [0.2, 0.25) is 5.88 Å². The number of halogens is 2. The number of ether oxygens (including phenoxy) is 1. The van der Waals surface area contributed by atoms with Crippen molar-refractivity contribution in [1.82, 2.24) is 15.3 Å². The van der Waals surface area contributed by atoms with Gasteiger partial charge in [-0.2, -0.15) is 0 Å². The van der Waals surface area contributed by atoms with Gasteiger partial charge in [0.25, 0.3) is 0 Å².